The van der Waals surface area contributed by atoms with Crippen molar-refractivity contribution in [1.82, 2.24) is 19.9 Å². The van der Waals surface area contributed by atoms with Crippen molar-refractivity contribution >= 4 is 38.5 Å². The van der Waals surface area contributed by atoms with E-state index >= 15 is 0 Å². The number of ether oxygens (including phenoxy) is 2. The summed E-state index contributed by atoms with van der Waals surface area (Å²) in [6, 6.07) is 6.09. The van der Waals surface area contributed by atoms with Crippen molar-refractivity contribution in [3.8, 4) is 11.1 Å². The molecule has 0 bridgehead atoms. The molecule has 2 saturated carbocycles. The van der Waals surface area contributed by atoms with Crippen LogP contribution in [0.4, 0.5) is 5.13 Å². The van der Waals surface area contributed by atoms with E-state index in [1.54, 1.807) is 0 Å². The predicted molar refractivity (Wildman–Crippen MR) is 152 cm³/mol. The van der Waals surface area contributed by atoms with Gasteiger partial charge in [0.05, 0.1) is 35.5 Å². The van der Waals surface area contributed by atoms with E-state index in [1.165, 1.54) is 24.2 Å². The second-order valence-electron chi connectivity index (χ2n) is 12.0. The Morgan fingerprint density at radius 1 is 1.05 bits per heavy atom. The lowest BCUT2D eigenvalue weighted by Gasteiger charge is -2.52. The lowest BCUT2D eigenvalue weighted by molar-refractivity contribution is -0.154. The fraction of sp³-hybridized carbons (Fsp3) is 0.567. The van der Waals surface area contributed by atoms with E-state index in [-0.39, 0.29) is 29.1 Å². The van der Waals surface area contributed by atoms with E-state index in [2.05, 4.69) is 26.3 Å². The number of anilines is 1. The Hall–Kier alpha value is -2.95. The molecule has 10 heteroatoms. The highest BCUT2D eigenvalue weighted by molar-refractivity contribution is 7.22. The Balaban J connectivity index is 0.923. The standard InChI is InChI=1S/C30H35N5O4S/c36-27(20-12-30(13-20)7-9-35(10-8-30)28(37)22-16-38-17-22)34-29-33-24-6-5-19(11-25(24)40-29)21-14-31-26(32-15-21)18-39-23-3-1-2-4-23/h5-6,11,14-15,20,22-23H,1-4,7-10,12-13,16-18H2,(H,33,34,36). The second kappa shape index (κ2) is 10.8. The number of hydrogen-bond donors (Lipinski definition) is 1. The SMILES string of the molecule is O=C(Nc1nc2ccc(-c3cnc(COC4CCCC4)nc3)cc2s1)C1CC2(CCN(C(=O)C3COC3)CC2)C1. The van der Waals surface area contributed by atoms with E-state index in [4.69, 9.17) is 9.47 Å². The number of rotatable bonds is 7. The summed E-state index contributed by atoms with van der Waals surface area (Å²) in [5.41, 5.74) is 3.04. The van der Waals surface area contributed by atoms with Crippen molar-refractivity contribution in [3.63, 3.8) is 0 Å². The third-order valence-corrected chi connectivity index (χ3v) is 10.2. The summed E-state index contributed by atoms with van der Waals surface area (Å²) in [5, 5.41) is 3.70. The van der Waals surface area contributed by atoms with E-state index in [1.807, 2.05) is 29.4 Å². The Morgan fingerprint density at radius 3 is 2.50 bits per heavy atom. The number of nitrogens with zero attached hydrogens (tertiary/aromatic N) is 4. The van der Waals surface area contributed by atoms with Crippen LogP contribution in [0.25, 0.3) is 21.3 Å². The minimum Gasteiger partial charge on any atom is -0.380 e. The van der Waals surface area contributed by atoms with E-state index in [9.17, 15) is 9.59 Å². The maximum absolute atomic E-state index is 13.0. The second-order valence-corrected chi connectivity index (χ2v) is 13.0. The van der Waals surface area contributed by atoms with Gasteiger partial charge in [-0.15, -0.1) is 0 Å². The van der Waals surface area contributed by atoms with Gasteiger partial charge in [-0.1, -0.05) is 30.2 Å². The minimum atomic E-state index is 0.0122. The molecule has 0 radical (unpaired) electrons. The highest BCUT2D eigenvalue weighted by Crippen LogP contribution is 2.53. The molecule has 2 aromatic heterocycles. The Morgan fingerprint density at radius 2 is 1.80 bits per heavy atom. The van der Waals surface area contributed by atoms with Crippen LogP contribution in [0.2, 0.25) is 0 Å². The summed E-state index contributed by atoms with van der Waals surface area (Å²) in [6.07, 6.45) is 12.6. The maximum atomic E-state index is 13.0. The number of amides is 2. The van der Waals surface area contributed by atoms with Gasteiger partial charge in [0.15, 0.2) is 11.0 Å². The number of thiazole rings is 1. The summed E-state index contributed by atoms with van der Waals surface area (Å²) in [4.78, 5) is 41.2. The first-order chi connectivity index (χ1) is 19.5. The lowest BCUT2D eigenvalue weighted by Crippen LogP contribution is -2.53. The van der Waals surface area contributed by atoms with E-state index < -0.39 is 0 Å². The lowest BCUT2D eigenvalue weighted by atomic mass is 9.57. The number of fused-ring (bicyclic) bond motifs is 1. The van der Waals surface area contributed by atoms with Crippen LogP contribution in [0.15, 0.2) is 30.6 Å². The molecule has 2 amide bonds. The molecule has 4 fully saturated rings. The zero-order valence-corrected chi connectivity index (χ0v) is 23.5. The molecule has 1 spiro atoms. The van der Waals surface area contributed by atoms with Gasteiger partial charge in [0.2, 0.25) is 11.8 Å². The first-order valence-electron chi connectivity index (χ1n) is 14.5. The van der Waals surface area contributed by atoms with Crippen molar-refractivity contribution < 1.29 is 19.1 Å². The molecule has 4 heterocycles. The van der Waals surface area contributed by atoms with Crippen LogP contribution in [0, 0.1) is 17.3 Å². The maximum Gasteiger partial charge on any atom is 0.230 e. The molecule has 210 valence electrons. The largest absolute Gasteiger partial charge is 0.380 e. The van der Waals surface area contributed by atoms with Crippen molar-refractivity contribution in [3.05, 3.63) is 36.4 Å². The first-order valence-corrected chi connectivity index (χ1v) is 15.4. The van der Waals surface area contributed by atoms with Crippen molar-refractivity contribution in [1.29, 1.82) is 0 Å². The molecule has 0 atom stereocenters. The molecule has 40 heavy (non-hydrogen) atoms. The highest BCUT2D eigenvalue weighted by Gasteiger charge is 2.49. The molecule has 3 aromatic rings. The third kappa shape index (κ3) is 5.24. The molecule has 2 aliphatic carbocycles. The van der Waals surface area contributed by atoms with Crippen molar-refractivity contribution in [2.45, 2.75) is 64.1 Å². The smallest absolute Gasteiger partial charge is 0.230 e. The van der Waals surface area contributed by atoms with Crippen LogP contribution < -0.4 is 5.32 Å². The quantitative estimate of drug-likeness (QED) is 0.441. The van der Waals surface area contributed by atoms with Crippen LogP contribution in [-0.2, 0) is 25.7 Å². The van der Waals surface area contributed by atoms with Gasteiger partial charge >= 0.3 is 0 Å². The van der Waals surface area contributed by atoms with Gasteiger partial charge in [-0.25, -0.2) is 15.0 Å². The number of piperidine rings is 1. The van der Waals surface area contributed by atoms with Crippen LogP contribution >= 0.6 is 11.3 Å². The molecule has 9 nitrogen and oxygen atoms in total. The number of hydrogen-bond acceptors (Lipinski definition) is 8. The Labute approximate surface area is 237 Å². The molecular formula is C30H35N5O4S. The third-order valence-electron chi connectivity index (χ3n) is 9.26. The summed E-state index contributed by atoms with van der Waals surface area (Å²) in [7, 11) is 0. The van der Waals surface area contributed by atoms with Gasteiger partial charge in [-0.3, -0.25) is 9.59 Å². The highest BCUT2D eigenvalue weighted by atomic mass is 32.1. The average molecular weight is 562 g/mol. The van der Waals surface area contributed by atoms with Crippen LogP contribution in [0.3, 0.4) is 0 Å². The number of nitrogens with one attached hydrogen (secondary N) is 1. The van der Waals surface area contributed by atoms with Crippen LogP contribution in [0.1, 0.15) is 57.2 Å². The Kier molecular flexibility index (Phi) is 7.01. The van der Waals surface area contributed by atoms with Crippen LogP contribution in [0.5, 0.6) is 0 Å². The zero-order chi connectivity index (χ0) is 27.1. The van der Waals surface area contributed by atoms with Gasteiger partial charge in [0.1, 0.15) is 6.61 Å². The van der Waals surface area contributed by atoms with Crippen LogP contribution in [-0.4, -0.2) is 64.1 Å². The van der Waals surface area contributed by atoms with E-state index in [0.717, 1.165) is 73.0 Å². The number of benzene rings is 1. The number of carbonyl (C=O) groups is 2. The molecule has 4 aliphatic rings. The zero-order valence-electron chi connectivity index (χ0n) is 22.6. The molecule has 2 saturated heterocycles. The topological polar surface area (TPSA) is 107 Å². The molecule has 0 unspecified atom stereocenters. The monoisotopic (exact) mass is 561 g/mol. The summed E-state index contributed by atoms with van der Waals surface area (Å²) >= 11 is 1.49. The van der Waals surface area contributed by atoms with Gasteiger partial charge in [-0.2, -0.15) is 0 Å². The molecule has 1 aromatic carbocycles. The fourth-order valence-electron chi connectivity index (χ4n) is 6.61. The molecular weight excluding hydrogens is 526 g/mol. The fourth-order valence-corrected chi connectivity index (χ4v) is 7.52. The predicted octanol–water partition coefficient (Wildman–Crippen LogP) is 4.82. The van der Waals surface area contributed by atoms with Gasteiger partial charge in [0, 0.05) is 37.0 Å². The van der Waals surface area contributed by atoms with E-state index in [0.29, 0.717) is 36.9 Å². The number of aromatic nitrogens is 3. The average Bonchev–Trinajstić information content (AvgIpc) is 3.59. The summed E-state index contributed by atoms with van der Waals surface area (Å²) in [6.45, 7) is 3.18. The van der Waals surface area contributed by atoms with Gasteiger partial charge in [-0.05, 0) is 61.6 Å². The number of carbonyl (C=O) groups excluding carboxylic acids is 2. The summed E-state index contributed by atoms with van der Waals surface area (Å²) in [5.74, 6) is 1.07. The van der Waals surface area contributed by atoms with Gasteiger partial charge in [0.25, 0.3) is 0 Å². The molecule has 2 aliphatic heterocycles. The molecule has 1 N–H and O–H groups in total. The summed E-state index contributed by atoms with van der Waals surface area (Å²) < 4.78 is 12.1. The van der Waals surface area contributed by atoms with Gasteiger partial charge < -0.3 is 19.7 Å². The first kappa shape index (κ1) is 26.0. The molecule has 7 rings (SSSR count). The number of likely N-dealkylation sites (tertiary alicyclic amines) is 1. The Bertz CT molecular complexity index is 1380. The minimum absolute atomic E-state index is 0.0122. The van der Waals surface area contributed by atoms with Crippen molar-refractivity contribution in [2.75, 3.05) is 31.6 Å². The normalized spacial score (nSPS) is 21.4. The van der Waals surface area contributed by atoms with Crippen molar-refractivity contribution in [2.24, 2.45) is 17.3 Å².